The first-order valence-electron chi connectivity index (χ1n) is 8.95. The maximum Gasteiger partial charge on any atom is 0.0192 e. The lowest BCUT2D eigenvalue weighted by Crippen LogP contribution is -2.58. The highest BCUT2D eigenvalue weighted by molar-refractivity contribution is 7.08. The highest BCUT2D eigenvalue weighted by Crippen LogP contribution is 2.55. The number of nitrogens with one attached hydrogen (secondary N) is 1. The quantitative estimate of drug-likeness (QED) is 0.823. The molecule has 0 radical (unpaired) electrons. The summed E-state index contributed by atoms with van der Waals surface area (Å²) in [6.45, 7) is 1.11. The standard InChI is InChI=1S/C20H25NS/c1-2-18(19-3-4-22-13-19)8-14(1)12-21-20-9-15-5-16(10-20)7-17(6-15)11-20/h2-4,8,13,15-17,21H,1,5-7,9-12H2. The molecule has 116 valence electrons. The van der Waals surface area contributed by atoms with E-state index in [0.717, 1.165) is 30.7 Å². The van der Waals surface area contributed by atoms with Crippen LogP contribution in [0.5, 0.6) is 0 Å². The van der Waals surface area contributed by atoms with Crippen LogP contribution in [0.25, 0.3) is 5.57 Å². The molecular formula is C20H25NS. The second-order valence-corrected chi connectivity index (χ2v) is 9.01. The summed E-state index contributed by atoms with van der Waals surface area (Å²) in [7, 11) is 0. The first kappa shape index (κ1) is 13.6. The van der Waals surface area contributed by atoms with Gasteiger partial charge in [-0.1, -0.05) is 17.7 Å². The van der Waals surface area contributed by atoms with E-state index in [9.17, 15) is 0 Å². The van der Waals surface area contributed by atoms with Gasteiger partial charge in [0.1, 0.15) is 0 Å². The van der Waals surface area contributed by atoms with E-state index in [1.54, 1.807) is 16.9 Å². The third-order valence-electron chi connectivity index (χ3n) is 6.53. The SMILES string of the molecule is C1=C(CNC23CC4CC(CC(C4)C2)C3)CC=C1c1ccsc1. The van der Waals surface area contributed by atoms with Gasteiger partial charge in [0.15, 0.2) is 0 Å². The smallest absolute Gasteiger partial charge is 0.0192 e. The van der Waals surface area contributed by atoms with E-state index >= 15 is 0 Å². The van der Waals surface area contributed by atoms with Crippen LogP contribution in [0, 0.1) is 17.8 Å². The van der Waals surface area contributed by atoms with E-state index in [2.05, 4.69) is 34.3 Å². The van der Waals surface area contributed by atoms with E-state index in [-0.39, 0.29) is 0 Å². The second-order valence-electron chi connectivity index (χ2n) is 8.23. The van der Waals surface area contributed by atoms with Gasteiger partial charge in [-0.05, 0) is 90.7 Å². The summed E-state index contributed by atoms with van der Waals surface area (Å²) in [6, 6.07) is 2.24. The van der Waals surface area contributed by atoms with Crippen molar-refractivity contribution in [1.29, 1.82) is 0 Å². The summed E-state index contributed by atoms with van der Waals surface area (Å²) in [6.07, 6.45) is 14.9. The predicted molar refractivity (Wildman–Crippen MR) is 93.9 cm³/mol. The highest BCUT2D eigenvalue weighted by atomic mass is 32.1. The van der Waals surface area contributed by atoms with Crippen LogP contribution in [-0.2, 0) is 0 Å². The highest BCUT2D eigenvalue weighted by Gasteiger charge is 2.50. The Morgan fingerprint density at radius 2 is 1.82 bits per heavy atom. The minimum atomic E-state index is 0.501. The van der Waals surface area contributed by atoms with Crippen LogP contribution in [0.15, 0.2) is 34.6 Å². The first-order valence-corrected chi connectivity index (χ1v) is 9.89. The van der Waals surface area contributed by atoms with Crippen molar-refractivity contribution in [2.24, 2.45) is 17.8 Å². The van der Waals surface area contributed by atoms with Crippen molar-refractivity contribution in [3.05, 3.63) is 40.1 Å². The fourth-order valence-electron chi connectivity index (χ4n) is 5.96. The van der Waals surface area contributed by atoms with Crippen molar-refractivity contribution in [1.82, 2.24) is 5.32 Å². The third kappa shape index (κ3) is 2.32. The Kier molecular flexibility index (Phi) is 3.13. The first-order chi connectivity index (χ1) is 10.8. The molecule has 4 saturated carbocycles. The van der Waals surface area contributed by atoms with E-state index < -0.39 is 0 Å². The maximum absolute atomic E-state index is 4.04. The number of allylic oxidation sites excluding steroid dienone is 3. The minimum Gasteiger partial charge on any atom is -0.307 e. The largest absolute Gasteiger partial charge is 0.307 e. The molecule has 0 aromatic carbocycles. The van der Waals surface area contributed by atoms with Gasteiger partial charge in [0.05, 0.1) is 0 Å². The zero-order valence-corrected chi connectivity index (χ0v) is 14.0. The van der Waals surface area contributed by atoms with Crippen LogP contribution in [0.4, 0.5) is 0 Å². The van der Waals surface area contributed by atoms with Gasteiger partial charge in [0, 0.05) is 12.1 Å². The molecule has 0 aliphatic heterocycles. The van der Waals surface area contributed by atoms with Crippen LogP contribution >= 0.6 is 11.3 Å². The van der Waals surface area contributed by atoms with Crippen molar-refractivity contribution < 1.29 is 0 Å². The number of thiophene rings is 1. The summed E-state index contributed by atoms with van der Waals surface area (Å²) in [5, 5.41) is 8.47. The van der Waals surface area contributed by atoms with Crippen molar-refractivity contribution in [3.8, 4) is 0 Å². The fourth-order valence-corrected chi connectivity index (χ4v) is 6.63. The van der Waals surface area contributed by atoms with Gasteiger partial charge in [-0.2, -0.15) is 11.3 Å². The van der Waals surface area contributed by atoms with Crippen LogP contribution < -0.4 is 5.32 Å². The van der Waals surface area contributed by atoms with E-state index in [1.165, 1.54) is 49.7 Å². The van der Waals surface area contributed by atoms with Gasteiger partial charge in [-0.3, -0.25) is 0 Å². The monoisotopic (exact) mass is 311 g/mol. The van der Waals surface area contributed by atoms with Crippen LogP contribution in [0.2, 0.25) is 0 Å². The lowest BCUT2D eigenvalue weighted by atomic mass is 9.53. The average molecular weight is 311 g/mol. The van der Waals surface area contributed by atoms with Crippen molar-refractivity contribution in [2.45, 2.75) is 50.5 Å². The van der Waals surface area contributed by atoms with Crippen molar-refractivity contribution in [3.63, 3.8) is 0 Å². The third-order valence-corrected chi connectivity index (χ3v) is 7.21. The summed E-state index contributed by atoms with van der Waals surface area (Å²) >= 11 is 1.79. The molecule has 0 saturated heterocycles. The molecule has 5 aliphatic carbocycles. The molecule has 6 rings (SSSR count). The molecule has 0 spiro atoms. The summed E-state index contributed by atoms with van der Waals surface area (Å²) in [5.74, 6) is 3.11. The molecule has 4 fully saturated rings. The molecule has 1 nitrogen and oxygen atoms in total. The Morgan fingerprint density at radius 3 is 2.45 bits per heavy atom. The summed E-state index contributed by atoms with van der Waals surface area (Å²) in [4.78, 5) is 0. The molecule has 5 aliphatic rings. The Hall–Kier alpha value is -0.860. The normalized spacial score (nSPS) is 39.2. The number of rotatable bonds is 4. The van der Waals surface area contributed by atoms with Gasteiger partial charge < -0.3 is 5.32 Å². The van der Waals surface area contributed by atoms with Gasteiger partial charge in [-0.15, -0.1) is 0 Å². The molecule has 0 atom stereocenters. The Balaban J connectivity index is 1.26. The predicted octanol–water partition coefficient (Wildman–Crippen LogP) is 5.02. The van der Waals surface area contributed by atoms with E-state index in [1.807, 2.05) is 0 Å². The molecule has 1 aromatic rings. The molecule has 1 heterocycles. The van der Waals surface area contributed by atoms with E-state index in [0.29, 0.717) is 5.54 Å². The topological polar surface area (TPSA) is 12.0 Å². The van der Waals surface area contributed by atoms with E-state index in [4.69, 9.17) is 0 Å². The van der Waals surface area contributed by atoms with Crippen LogP contribution in [0.1, 0.15) is 50.5 Å². The molecule has 0 amide bonds. The molecule has 1 N–H and O–H groups in total. The van der Waals surface area contributed by atoms with Gasteiger partial charge in [0.25, 0.3) is 0 Å². The van der Waals surface area contributed by atoms with Gasteiger partial charge in [-0.25, -0.2) is 0 Å². The molecule has 22 heavy (non-hydrogen) atoms. The maximum atomic E-state index is 4.04. The lowest BCUT2D eigenvalue weighted by Gasteiger charge is -2.57. The van der Waals surface area contributed by atoms with Crippen LogP contribution in [-0.4, -0.2) is 12.1 Å². The summed E-state index contributed by atoms with van der Waals surface area (Å²) < 4.78 is 0. The number of hydrogen-bond acceptors (Lipinski definition) is 2. The van der Waals surface area contributed by atoms with Crippen molar-refractivity contribution >= 4 is 16.9 Å². The molecule has 4 bridgehead atoms. The zero-order chi connectivity index (χ0) is 14.6. The average Bonchev–Trinajstić information content (AvgIpc) is 3.15. The molecule has 0 unspecified atom stereocenters. The number of hydrogen-bond donors (Lipinski definition) is 1. The summed E-state index contributed by atoms with van der Waals surface area (Å²) in [5.41, 5.74) is 4.91. The van der Waals surface area contributed by atoms with Crippen molar-refractivity contribution in [2.75, 3.05) is 6.54 Å². The molecular weight excluding hydrogens is 286 g/mol. The Morgan fingerprint density at radius 1 is 1.09 bits per heavy atom. The Labute approximate surface area is 137 Å². The van der Waals surface area contributed by atoms with Gasteiger partial charge >= 0.3 is 0 Å². The lowest BCUT2D eigenvalue weighted by molar-refractivity contribution is -0.0182. The second kappa shape index (κ2) is 5.07. The minimum absolute atomic E-state index is 0.501. The fraction of sp³-hybridized carbons (Fsp3) is 0.600. The zero-order valence-electron chi connectivity index (χ0n) is 13.2. The molecule has 1 aromatic heterocycles. The van der Waals surface area contributed by atoms with Crippen LogP contribution in [0.3, 0.4) is 0 Å². The molecule has 2 heteroatoms. The Bertz CT molecular complexity index is 587. The van der Waals surface area contributed by atoms with Gasteiger partial charge in [0.2, 0.25) is 0 Å².